The normalized spacial score (nSPS) is 10.7. The number of aromatic hydroxyl groups is 1. The fourth-order valence-corrected chi connectivity index (χ4v) is 2.21. The number of amides is 1. The van der Waals surface area contributed by atoms with Crippen LogP contribution in [0.5, 0.6) is 11.5 Å². The first-order valence-corrected chi connectivity index (χ1v) is 7.84. The number of nitro benzene ring substituents is 1. The van der Waals surface area contributed by atoms with Gasteiger partial charge in [-0.15, -0.1) is 0 Å². The van der Waals surface area contributed by atoms with Crippen molar-refractivity contribution >= 4 is 29.4 Å². The lowest BCUT2D eigenvalue weighted by Gasteiger charge is -2.09. The van der Waals surface area contributed by atoms with Gasteiger partial charge >= 0.3 is 0 Å². The van der Waals surface area contributed by atoms with Crippen molar-refractivity contribution in [2.24, 2.45) is 5.10 Å². The highest BCUT2D eigenvalue weighted by molar-refractivity contribution is 6.32. The minimum Gasteiger partial charge on any atom is -0.507 e. The zero-order valence-electron chi connectivity index (χ0n) is 14.0. The lowest BCUT2D eigenvalue weighted by molar-refractivity contribution is -0.384. The molecule has 2 aromatic rings. The van der Waals surface area contributed by atoms with Crippen LogP contribution in [0.25, 0.3) is 0 Å². The number of nitro groups is 1. The molecule has 1 amide bonds. The molecule has 2 aromatic carbocycles. The number of ether oxygens (including phenoxy) is 1. The van der Waals surface area contributed by atoms with Crippen molar-refractivity contribution < 1.29 is 19.6 Å². The van der Waals surface area contributed by atoms with E-state index in [1.165, 1.54) is 6.07 Å². The highest BCUT2D eigenvalue weighted by Crippen LogP contribution is 2.25. The molecule has 2 rings (SSSR count). The molecule has 0 unspecified atom stereocenters. The summed E-state index contributed by atoms with van der Waals surface area (Å²) in [5, 5.41) is 24.7. The minimum atomic E-state index is -0.598. The molecule has 0 aromatic heterocycles. The van der Waals surface area contributed by atoms with Crippen LogP contribution in [0.3, 0.4) is 0 Å². The molecule has 9 heteroatoms. The van der Waals surface area contributed by atoms with E-state index in [9.17, 15) is 20.0 Å². The van der Waals surface area contributed by atoms with E-state index in [2.05, 4.69) is 10.5 Å². The van der Waals surface area contributed by atoms with Crippen LogP contribution < -0.4 is 10.2 Å². The van der Waals surface area contributed by atoms with Crippen molar-refractivity contribution in [3.05, 3.63) is 62.2 Å². The van der Waals surface area contributed by atoms with Gasteiger partial charge in [0.25, 0.3) is 11.6 Å². The van der Waals surface area contributed by atoms with Gasteiger partial charge in [0.1, 0.15) is 11.5 Å². The van der Waals surface area contributed by atoms with Crippen LogP contribution in [0.4, 0.5) is 5.69 Å². The van der Waals surface area contributed by atoms with Crippen molar-refractivity contribution in [3.63, 3.8) is 0 Å². The van der Waals surface area contributed by atoms with E-state index >= 15 is 0 Å². The number of hydrogen-bond acceptors (Lipinski definition) is 6. The first-order valence-electron chi connectivity index (χ1n) is 7.47. The van der Waals surface area contributed by atoms with Gasteiger partial charge < -0.3 is 9.84 Å². The van der Waals surface area contributed by atoms with Crippen LogP contribution in [0.15, 0.2) is 35.4 Å². The molecule has 0 bridgehead atoms. The number of rotatable bonds is 6. The summed E-state index contributed by atoms with van der Waals surface area (Å²) in [4.78, 5) is 21.9. The Balaban J connectivity index is 1.94. The number of hydrazone groups is 1. The molecule has 0 aliphatic carbocycles. The summed E-state index contributed by atoms with van der Waals surface area (Å²) in [6.45, 7) is 3.38. The third-order valence-electron chi connectivity index (χ3n) is 3.39. The Morgan fingerprint density at radius 2 is 2.00 bits per heavy atom. The Hall–Kier alpha value is -3.13. The second kappa shape index (κ2) is 8.30. The van der Waals surface area contributed by atoms with Crippen molar-refractivity contribution in [3.8, 4) is 11.5 Å². The van der Waals surface area contributed by atoms with Crippen molar-refractivity contribution in [1.29, 1.82) is 0 Å². The Kier molecular flexibility index (Phi) is 6.13. The van der Waals surface area contributed by atoms with Gasteiger partial charge in [0.05, 0.1) is 11.1 Å². The summed E-state index contributed by atoms with van der Waals surface area (Å²) in [6, 6.07) is 6.91. The molecule has 0 atom stereocenters. The maximum atomic E-state index is 11.8. The number of carbonyl (C=O) groups excluding carboxylic acids is 1. The number of nitrogens with one attached hydrogen (secondary N) is 1. The number of hydrogen-bond donors (Lipinski definition) is 2. The molecule has 8 nitrogen and oxygen atoms in total. The predicted molar refractivity (Wildman–Crippen MR) is 96.9 cm³/mol. The van der Waals surface area contributed by atoms with Crippen LogP contribution in [0.2, 0.25) is 5.02 Å². The van der Waals surface area contributed by atoms with Crippen molar-refractivity contribution in [1.82, 2.24) is 5.43 Å². The van der Waals surface area contributed by atoms with E-state index in [0.29, 0.717) is 10.8 Å². The molecule has 0 saturated carbocycles. The van der Waals surface area contributed by atoms with Gasteiger partial charge in [0.2, 0.25) is 0 Å². The maximum absolute atomic E-state index is 11.8. The second-order valence-electron chi connectivity index (χ2n) is 5.45. The summed E-state index contributed by atoms with van der Waals surface area (Å²) in [5.74, 6) is -0.228. The minimum absolute atomic E-state index is 0.101. The highest BCUT2D eigenvalue weighted by Gasteiger charge is 2.09. The number of nitrogens with zero attached hydrogens (tertiary/aromatic N) is 2. The van der Waals surface area contributed by atoms with E-state index in [0.717, 1.165) is 29.5 Å². The Labute approximate surface area is 154 Å². The molecule has 0 aliphatic rings. The summed E-state index contributed by atoms with van der Waals surface area (Å²) >= 11 is 6.07. The lowest BCUT2D eigenvalue weighted by atomic mass is 10.1. The Morgan fingerprint density at radius 1 is 1.35 bits per heavy atom. The van der Waals surface area contributed by atoms with E-state index in [-0.39, 0.29) is 23.6 Å². The smallest absolute Gasteiger partial charge is 0.277 e. The molecule has 0 spiro atoms. The summed E-state index contributed by atoms with van der Waals surface area (Å²) in [6.07, 6.45) is 1.11. The van der Waals surface area contributed by atoms with Crippen molar-refractivity contribution in [2.45, 2.75) is 13.8 Å². The number of benzene rings is 2. The third kappa shape index (κ3) is 4.93. The zero-order chi connectivity index (χ0) is 19.3. The number of carbonyl (C=O) groups is 1. The van der Waals surface area contributed by atoms with Crippen molar-refractivity contribution in [2.75, 3.05) is 6.61 Å². The second-order valence-corrected chi connectivity index (χ2v) is 5.83. The highest BCUT2D eigenvalue weighted by atomic mass is 35.5. The molecule has 0 saturated heterocycles. The summed E-state index contributed by atoms with van der Waals surface area (Å²) in [5.41, 5.74) is 3.79. The SMILES string of the molecule is Cc1cc(OCC(=O)NN=Cc2cc([N+](=O)[O-])ccc2O)cc(C)c1Cl. The van der Waals surface area contributed by atoms with Gasteiger partial charge in [-0.3, -0.25) is 14.9 Å². The Morgan fingerprint density at radius 3 is 2.62 bits per heavy atom. The van der Waals surface area contributed by atoms with Gasteiger partial charge in [-0.2, -0.15) is 5.10 Å². The molecule has 136 valence electrons. The zero-order valence-corrected chi connectivity index (χ0v) is 14.8. The molecule has 0 heterocycles. The standard InChI is InChI=1S/C17H16ClN3O5/c1-10-5-14(6-11(2)17(10)18)26-9-16(23)20-19-8-12-7-13(21(24)25)3-4-15(12)22/h3-8,22H,9H2,1-2H3,(H,20,23). The molecule has 26 heavy (non-hydrogen) atoms. The monoisotopic (exact) mass is 377 g/mol. The topological polar surface area (TPSA) is 114 Å². The number of aryl methyl sites for hydroxylation is 2. The molecule has 0 fully saturated rings. The van der Waals surface area contributed by atoms with Crippen LogP contribution in [0.1, 0.15) is 16.7 Å². The first-order chi connectivity index (χ1) is 12.3. The number of phenols is 1. The third-order valence-corrected chi connectivity index (χ3v) is 3.99. The summed E-state index contributed by atoms with van der Waals surface area (Å²) in [7, 11) is 0. The van der Waals surface area contributed by atoms with Crippen LogP contribution in [-0.2, 0) is 4.79 Å². The molecular formula is C17H16ClN3O5. The first kappa shape index (κ1) is 19.2. The molecule has 0 radical (unpaired) electrons. The summed E-state index contributed by atoms with van der Waals surface area (Å²) < 4.78 is 5.38. The largest absolute Gasteiger partial charge is 0.507 e. The average Bonchev–Trinajstić information content (AvgIpc) is 2.59. The molecular weight excluding hydrogens is 362 g/mol. The van der Waals surface area contributed by atoms with E-state index in [4.69, 9.17) is 16.3 Å². The van der Waals surface area contributed by atoms with Crippen LogP contribution in [-0.4, -0.2) is 28.8 Å². The fourth-order valence-electron chi connectivity index (χ4n) is 2.10. The van der Waals surface area contributed by atoms with Crippen LogP contribution in [0, 0.1) is 24.0 Å². The van der Waals surface area contributed by atoms with Gasteiger partial charge in [-0.25, -0.2) is 5.43 Å². The van der Waals surface area contributed by atoms with E-state index in [1.807, 2.05) is 13.8 Å². The number of halogens is 1. The lowest BCUT2D eigenvalue weighted by Crippen LogP contribution is -2.24. The van der Waals surface area contributed by atoms with E-state index in [1.54, 1.807) is 12.1 Å². The number of non-ortho nitro benzene ring substituents is 1. The number of phenolic OH excluding ortho intramolecular Hbond substituents is 1. The van der Waals surface area contributed by atoms with Gasteiger partial charge in [-0.05, 0) is 43.2 Å². The maximum Gasteiger partial charge on any atom is 0.277 e. The molecule has 0 aliphatic heterocycles. The molecule has 2 N–H and O–H groups in total. The average molecular weight is 378 g/mol. The quantitative estimate of drug-likeness (QED) is 0.456. The predicted octanol–water partition coefficient (Wildman–Crippen LogP) is 3.10. The van der Waals surface area contributed by atoms with Gasteiger partial charge in [0, 0.05) is 22.7 Å². The fraction of sp³-hybridized carbons (Fsp3) is 0.176. The van der Waals surface area contributed by atoms with Gasteiger partial charge in [0.15, 0.2) is 6.61 Å². The van der Waals surface area contributed by atoms with E-state index < -0.39 is 10.8 Å². The Bertz CT molecular complexity index is 860. The van der Waals surface area contributed by atoms with Crippen LogP contribution >= 0.6 is 11.6 Å². The van der Waals surface area contributed by atoms with Gasteiger partial charge in [-0.1, -0.05) is 11.6 Å².